The normalized spacial score (nSPS) is 20.6. The summed E-state index contributed by atoms with van der Waals surface area (Å²) in [6.07, 6.45) is 12.3. The van der Waals surface area contributed by atoms with Gasteiger partial charge in [-0.3, -0.25) is 0 Å². The Morgan fingerprint density at radius 1 is 1.36 bits per heavy atom. The third-order valence-electron chi connectivity index (χ3n) is 2.91. The van der Waals surface area contributed by atoms with Crippen LogP contribution in [0.3, 0.4) is 0 Å². The molecule has 0 saturated heterocycles. The van der Waals surface area contributed by atoms with Crippen LogP contribution < -0.4 is 0 Å². The van der Waals surface area contributed by atoms with Crippen molar-refractivity contribution < 1.29 is 6.11 Å². The Morgan fingerprint density at radius 2 is 2.14 bits per heavy atom. The smallest absolute Gasteiger partial charge is 0.103 e. The molecular formula is C13H24O. The second kappa shape index (κ2) is 7.90. The molecule has 14 heavy (non-hydrogen) atoms. The lowest BCUT2D eigenvalue weighted by molar-refractivity contribution is 0.165. The van der Waals surface area contributed by atoms with E-state index in [0.29, 0.717) is 12.2 Å². The lowest BCUT2D eigenvalue weighted by Gasteiger charge is -2.20. The third-order valence-corrected chi connectivity index (χ3v) is 2.91. The molecule has 1 aliphatic rings. The fourth-order valence-corrected chi connectivity index (χ4v) is 1.94. The Morgan fingerprint density at radius 3 is 2.86 bits per heavy atom. The van der Waals surface area contributed by atoms with Crippen molar-refractivity contribution in [2.24, 2.45) is 5.92 Å². The highest BCUT2D eigenvalue weighted by atomic mass is 16.5. The van der Waals surface area contributed by atoms with Crippen molar-refractivity contribution >= 4 is 0 Å². The monoisotopic (exact) mass is 197 g/mol. The van der Waals surface area contributed by atoms with Gasteiger partial charge in [0.05, 0.1) is 12.8 Å². The molecule has 0 unspecified atom stereocenters. The zero-order chi connectivity index (χ0) is 10.9. The van der Waals surface area contributed by atoms with Gasteiger partial charge in [-0.2, -0.15) is 0 Å². The largest absolute Gasteiger partial charge is 0.501 e. The Labute approximate surface area is 89.9 Å². The van der Waals surface area contributed by atoms with Crippen LogP contribution in [0.5, 0.6) is 0 Å². The Kier molecular flexibility index (Phi) is 5.68. The standard InChI is InChI=1S/C13H24O/c1-2-3-4-8-11-14-12-13-9-6-5-7-10-13/h8,11,13H,2-7,9-10,12H2,1H3/b11-8-/i11D. The van der Waals surface area contributed by atoms with Gasteiger partial charge in [-0.15, -0.1) is 0 Å². The minimum absolute atomic E-state index is 0.383. The molecule has 0 spiro atoms. The summed E-state index contributed by atoms with van der Waals surface area (Å²) in [5.74, 6) is 0.707. The maximum atomic E-state index is 7.61. The zero-order valence-corrected chi connectivity index (χ0v) is 9.43. The minimum atomic E-state index is 0.383. The van der Waals surface area contributed by atoms with Gasteiger partial charge < -0.3 is 4.74 Å². The van der Waals surface area contributed by atoms with E-state index in [1.165, 1.54) is 38.5 Å². The Balaban J connectivity index is 2.09. The summed E-state index contributed by atoms with van der Waals surface area (Å²) in [7, 11) is 0. The van der Waals surface area contributed by atoms with Crippen molar-refractivity contribution in [2.45, 2.75) is 58.3 Å². The van der Waals surface area contributed by atoms with Crippen molar-refractivity contribution in [2.75, 3.05) is 6.61 Å². The fourth-order valence-electron chi connectivity index (χ4n) is 1.94. The minimum Gasteiger partial charge on any atom is -0.501 e. The van der Waals surface area contributed by atoms with E-state index in [2.05, 4.69) is 6.92 Å². The van der Waals surface area contributed by atoms with Gasteiger partial charge in [-0.05, 0) is 37.7 Å². The van der Waals surface area contributed by atoms with Crippen LogP contribution in [0, 0.1) is 5.92 Å². The van der Waals surface area contributed by atoms with Crippen LogP contribution in [0.25, 0.3) is 0 Å². The van der Waals surface area contributed by atoms with Crippen molar-refractivity contribution in [1.82, 2.24) is 0 Å². The maximum Gasteiger partial charge on any atom is 0.103 e. The number of hydrogen-bond donors (Lipinski definition) is 0. The van der Waals surface area contributed by atoms with E-state index in [1.807, 2.05) is 6.08 Å². The topological polar surface area (TPSA) is 9.23 Å². The molecule has 1 nitrogen and oxygen atoms in total. The van der Waals surface area contributed by atoms with E-state index in [4.69, 9.17) is 6.11 Å². The molecular weight excluding hydrogens is 172 g/mol. The van der Waals surface area contributed by atoms with Crippen LogP contribution in [0.15, 0.2) is 12.3 Å². The molecule has 0 aromatic carbocycles. The van der Waals surface area contributed by atoms with Crippen molar-refractivity contribution in [3.63, 3.8) is 0 Å². The lowest BCUT2D eigenvalue weighted by atomic mass is 9.90. The lowest BCUT2D eigenvalue weighted by Crippen LogP contribution is -2.11. The summed E-state index contributed by atoms with van der Waals surface area (Å²) in [5.41, 5.74) is 0. The molecule has 0 amide bonds. The molecule has 1 rings (SSSR count). The number of unbranched alkanes of at least 4 members (excludes halogenated alkanes) is 2. The Bertz CT molecular complexity index is 183. The molecule has 82 valence electrons. The van der Waals surface area contributed by atoms with Crippen LogP contribution >= 0.6 is 0 Å². The Hall–Kier alpha value is -0.460. The van der Waals surface area contributed by atoms with E-state index < -0.39 is 0 Å². The molecule has 0 aromatic heterocycles. The molecule has 1 aliphatic carbocycles. The van der Waals surface area contributed by atoms with E-state index in [0.717, 1.165) is 19.4 Å². The van der Waals surface area contributed by atoms with Crippen LogP contribution in [0.2, 0.25) is 0 Å². The van der Waals surface area contributed by atoms with Gasteiger partial charge in [0, 0.05) is 0 Å². The summed E-state index contributed by atoms with van der Waals surface area (Å²) in [6, 6.07) is 0. The van der Waals surface area contributed by atoms with Crippen molar-refractivity contribution in [3.8, 4) is 0 Å². The van der Waals surface area contributed by atoms with Crippen LogP contribution in [0.4, 0.5) is 0 Å². The third kappa shape index (κ3) is 5.31. The molecule has 1 saturated carbocycles. The molecule has 0 N–H and O–H groups in total. The van der Waals surface area contributed by atoms with Gasteiger partial charge in [-0.1, -0.05) is 32.6 Å². The summed E-state index contributed by atoms with van der Waals surface area (Å²) >= 11 is 0. The predicted octanol–water partition coefficient (Wildman–Crippen LogP) is 4.29. The molecule has 0 heterocycles. The fraction of sp³-hybridized carbons (Fsp3) is 0.846. The van der Waals surface area contributed by atoms with E-state index in [-0.39, 0.29) is 0 Å². The van der Waals surface area contributed by atoms with Crippen LogP contribution in [-0.4, -0.2) is 6.61 Å². The molecule has 1 fully saturated rings. The first-order valence-corrected chi connectivity index (χ1v) is 6.12. The van der Waals surface area contributed by atoms with Gasteiger partial charge in [-0.25, -0.2) is 0 Å². The molecule has 1 heteroatoms. The molecule has 0 radical (unpaired) electrons. The van der Waals surface area contributed by atoms with E-state index in [1.54, 1.807) is 0 Å². The molecule has 0 aliphatic heterocycles. The first kappa shape index (κ1) is 10.1. The summed E-state index contributed by atoms with van der Waals surface area (Å²) in [5, 5.41) is 0. The summed E-state index contributed by atoms with van der Waals surface area (Å²) in [4.78, 5) is 0. The first-order chi connectivity index (χ1) is 7.33. The number of allylic oxidation sites excluding steroid dienone is 1. The van der Waals surface area contributed by atoms with Crippen molar-refractivity contribution in [3.05, 3.63) is 12.3 Å². The first-order valence-electron chi connectivity index (χ1n) is 6.62. The quantitative estimate of drug-likeness (QED) is 0.456. The van der Waals surface area contributed by atoms with Crippen LogP contribution in [0.1, 0.15) is 59.7 Å². The van der Waals surface area contributed by atoms with Gasteiger partial charge in [0.15, 0.2) is 0 Å². The highest BCUT2D eigenvalue weighted by Gasteiger charge is 2.12. The molecule has 0 bridgehead atoms. The second-order valence-electron chi connectivity index (χ2n) is 4.28. The summed E-state index contributed by atoms with van der Waals surface area (Å²) in [6.45, 7) is 2.93. The average Bonchev–Trinajstić information content (AvgIpc) is 2.28. The van der Waals surface area contributed by atoms with Gasteiger partial charge in [0.1, 0.15) is 1.37 Å². The second-order valence-corrected chi connectivity index (χ2v) is 4.28. The van der Waals surface area contributed by atoms with Gasteiger partial charge in [0.2, 0.25) is 0 Å². The number of rotatable bonds is 6. The van der Waals surface area contributed by atoms with Gasteiger partial charge in [0.25, 0.3) is 0 Å². The zero-order valence-electron chi connectivity index (χ0n) is 10.4. The molecule has 0 atom stereocenters. The predicted molar refractivity (Wildman–Crippen MR) is 61.2 cm³/mol. The van der Waals surface area contributed by atoms with Gasteiger partial charge >= 0.3 is 0 Å². The van der Waals surface area contributed by atoms with E-state index >= 15 is 0 Å². The SMILES string of the molecule is [2H]/C(=C/CCCC)OCC1CCCCC1. The number of ether oxygens (including phenoxy) is 1. The maximum absolute atomic E-state index is 7.61. The van der Waals surface area contributed by atoms with Crippen molar-refractivity contribution in [1.29, 1.82) is 0 Å². The highest BCUT2D eigenvalue weighted by Crippen LogP contribution is 2.23. The summed E-state index contributed by atoms with van der Waals surface area (Å²) < 4.78 is 13.1. The van der Waals surface area contributed by atoms with E-state index in [9.17, 15) is 0 Å². The highest BCUT2D eigenvalue weighted by molar-refractivity contribution is 4.74. The number of hydrogen-bond acceptors (Lipinski definition) is 1. The molecule has 0 aromatic rings. The van der Waals surface area contributed by atoms with Crippen LogP contribution in [-0.2, 0) is 4.74 Å². The average molecular weight is 197 g/mol.